The Balaban J connectivity index is 2.22. The summed E-state index contributed by atoms with van der Waals surface area (Å²) in [6.07, 6.45) is 0.974. The van der Waals surface area contributed by atoms with Crippen LogP contribution in [0.3, 0.4) is 0 Å². The number of amides is 1. The van der Waals surface area contributed by atoms with E-state index in [1.807, 2.05) is 42.5 Å². The Kier molecular flexibility index (Phi) is 4.06. The van der Waals surface area contributed by atoms with Crippen molar-refractivity contribution in [3.05, 3.63) is 48.0 Å². The average Bonchev–Trinajstić information content (AvgIpc) is 2.37. The Morgan fingerprint density at radius 1 is 1.15 bits per heavy atom. The molecule has 0 bridgehead atoms. The number of hydrogen-bond acceptors (Lipinski definition) is 4. The highest BCUT2D eigenvalue weighted by Crippen LogP contribution is 2.19. The van der Waals surface area contributed by atoms with Gasteiger partial charge >= 0.3 is 0 Å². The summed E-state index contributed by atoms with van der Waals surface area (Å²) >= 11 is 0. The maximum absolute atomic E-state index is 12.0. The fourth-order valence-corrected chi connectivity index (χ4v) is 2.45. The molecule has 5 nitrogen and oxygen atoms in total. The van der Waals surface area contributed by atoms with Gasteiger partial charge in [0.2, 0.25) is 0 Å². The second kappa shape index (κ2) is 5.60. The molecule has 0 aromatic heterocycles. The maximum atomic E-state index is 12.0. The second-order valence-corrected chi connectivity index (χ2v) is 6.04. The fourth-order valence-electron chi connectivity index (χ4n) is 1.97. The molecule has 0 saturated carbocycles. The third kappa shape index (κ3) is 3.55. The van der Waals surface area contributed by atoms with Crippen LogP contribution in [0.4, 0.5) is 0 Å². The van der Waals surface area contributed by atoms with Crippen molar-refractivity contribution < 1.29 is 17.5 Å². The van der Waals surface area contributed by atoms with Gasteiger partial charge in [0.05, 0.1) is 12.7 Å². The van der Waals surface area contributed by atoms with Gasteiger partial charge in [0.1, 0.15) is 0 Å². The molecule has 6 heteroatoms. The summed E-state index contributed by atoms with van der Waals surface area (Å²) in [6.45, 7) is 0. The molecule has 20 heavy (non-hydrogen) atoms. The van der Waals surface area contributed by atoms with Crippen molar-refractivity contribution in [1.82, 2.24) is 5.06 Å². The molecular weight excluding hydrogens is 278 g/mol. The van der Waals surface area contributed by atoms with Crippen LogP contribution in [0.1, 0.15) is 5.56 Å². The quantitative estimate of drug-likeness (QED) is 0.805. The molecule has 1 amide bonds. The molecule has 0 aliphatic carbocycles. The molecule has 0 spiro atoms. The molecule has 0 unspecified atom stereocenters. The summed E-state index contributed by atoms with van der Waals surface area (Å²) in [4.78, 5) is 12.0. The van der Waals surface area contributed by atoms with Gasteiger partial charge in [-0.3, -0.25) is 4.79 Å². The first kappa shape index (κ1) is 14.5. The van der Waals surface area contributed by atoms with E-state index in [0.717, 1.165) is 27.7 Å². The topological polar surface area (TPSA) is 63.7 Å². The summed E-state index contributed by atoms with van der Waals surface area (Å²) in [7, 11) is -2.41. The van der Waals surface area contributed by atoms with E-state index in [-0.39, 0.29) is 6.42 Å². The van der Waals surface area contributed by atoms with Gasteiger partial charge < -0.3 is 0 Å². The molecule has 0 saturated heterocycles. The van der Waals surface area contributed by atoms with E-state index in [9.17, 15) is 13.2 Å². The number of benzene rings is 2. The summed E-state index contributed by atoms with van der Waals surface area (Å²) in [6, 6.07) is 13.4. The Bertz CT molecular complexity index is 734. The van der Waals surface area contributed by atoms with E-state index in [4.69, 9.17) is 0 Å². The zero-order valence-electron chi connectivity index (χ0n) is 11.2. The van der Waals surface area contributed by atoms with Crippen LogP contribution in [-0.2, 0) is 25.6 Å². The van der Waals surface area contributed by atoms with Crippen molar-refractivity contribution in [3.63, 3.8) is 0 Å². The highest BCUT2D eigenvalue weighted by atomic mass is 32.2. The van der Waals surface area contributed by atoms with E-state index in [2.05, 4.69) is 4.28 Å². The molecule has 0 N–H and O–H groups in total. The van der Waals surface area contributed by atoms with Crippen LogP contribution in [0.5, 0.6) is 0 Å². The van der Waals surface area contributed by atoms with Gasteiger partial charge in [0, 0.05) is 7.05 Å². The molecule has 0 radical (unpaired) electrons. The monoisotopic (exact) mass is 293 g/mol. The molecule has 2 rings (SSSR count). The van der Waals surface area contributed by atoms with Gasteiger partial charge in [0.25, 0.3) is 16.0 Å². The molecule has 2 aromatic carbocycles. The third-order valence-corrected chi connectivity index (χ3v) is 3.31. The van der Waals surface area contributed by atoms with Crippen LogP contribution >= 0.6 is 0 Å². The molecule has 0 fully saturated rings. The summed E-state index contributed by atoms with van der Waals surface area (Å²) in [5.74, 6) is -0.424. The number of likely N-dealkylation sites (N-methyl/N-ethyl adjacent to an activating group) is 1. The SMILES string of the molecule is CN(OS(C)(=O)=O)C(=O)Cc1cccc2ccccc12. The van der Waals surface area contributed by atoms with Crippen LogP contribution in [-0.4, -0.2) is 32.7 Å². The van der Waals surface area contributed by atoms with Crippen molar-refractivity contribution in [1.29, 1.82) is 0 Å². The van der Waals surface area contributed by atoms with Gasteiger partial charge in [0.15, 0.2) is 0 Å². The van der Waals surface area contributed by atoms with Crippen molar-refractivity contribution in [2.24, 2.45) is 0 Å². The fraction of sp³-hybridized carbons (Fsp3) is 0.214. The first-order valence-corrected chi connectivity index (χ1v) is 7.81. The largest absolute Gasteiger partial charge is 0.285 e. The Morgan fingerprint density at radius 3 is 2.50 bits per heavy atom. The molecule has 0 atom stereocenters. The minimum atomic E-state index is -3.70. The molecule has 0 heterocycles. The number of hydrogen-bond donors (Lipinski definition) is 0. The van der Waals surface area contributed by atoms with Crippen LogP contribution < -0.4 is 0 Å². The van der Waals surface area contributed by atoms with E-state index >= 15 is 0 Å². The first-order valence-electron chi connectivity index (χ1n) is 5.99. The Morgan fingerprint density at radius 2 is 1.80 bits per heavy atom. The number of carbonyl (C=O) groups excluding carboxylic acids is 1. The van der Waals surface area contributed by atoms with Gasteiger partial charge in [-0.1, -0.05) is 42.5 Å². The lowest BCUT2D eigenvalue weighted by molar-refractivity contribution is -0.150. The molecule has 0 aliphatic rings. The van der Waals surface area contributed by atoms with E-state index in [1.54, 1.807) is 0 Å². The molecule has 2 aromatic rings. The summed E-state index contributed by atoms with van der Waals surface area (Å²) < 4.78 is 26.5. The number of carbonyl (C=O) groups is 1. The minimum Gasteiger partial charge on any atom is -0.272 e. The number of hydroxylamine groups is 2. The van der Waals surface area contributed by atoms with Gasteiger partial charge in [-0.25, -0.2) is 5.06 Å². The van der Waals surface area contributed by atoms with Crippen molar-refractivity contribution >= 4 is 26.8 Å². The van der Waals surface area contributed by atoms with Crippen molar-refractivity contribution in [3.8, 4) is 0 Å². The smallest absolute Gasteiger partial charge is 0.272 e. The normalized spacial score (nSPS) is 11.5. The minimum absolute atomic E-state index is 0.0768. The Labute approximate surface area is 117 Å². The highest BCUT2D eigenvalue weighted by Gasteiger charge is 2.16. The first-order chi connectivity index (χ1) is 9.37. The molecular formula is C14H15NO4S. The molecule has 0 aliphatic heterocycles. The summed E-state index contributed by atoms with van der Waals surface area (Å²) in [5.41, 5.74) is 0.831. The average molecular weight is 293 g/mol. The second-order valence-electron chi connectivity index (χ2n) is 4.48. The molecule has 106 valence electrons. The van der Waals surface area contributed by atoms with Crippen LogP contribution in [0.25, 0.3) is 10.8 Å². The van der Waals surface area contributed by atoms with Gasteiger partial charge in [-0.15, -0.1) is 4.28 Å². The highest BCUT2D eigenvalue weighted by molar-refractivity contribution is 7.85. The van der Waals surface area contributed by atoms with E-state index in [1.165, 1.54) is 7.05 Å². The number of rotatable bonds is 4. The lowest BCUT2D eigenvalue weighted by Crippen LogP contribution is -2.30. The zero-order valence-corrected chi connectivity index (χ0v) is 12.1. The van der Waals surface area contributed by atoms with Crippen LogP contribution in [0.2, 0.25) is 0 Å². The standard InChI is InChI=1S/C14H15NO4S/c1-15(19-20(2,17)18)14(16)10-12-8-5-7-11-6-3-4-9-13(11)12/h3-9H,10H2,1-2H3. The zero-order chi connectivity index (χ0) is 14.8. The van der Waals surface area contributed by atoms with Gasteiger partial charge in [-0.2, -0.15) is 8.42 Å². The predicted molar refractivity (Wildman–Crippen MR) is 76.4 cm³/mol. The van der Waals surface area contributed by atoms with E-state index in [0.29, 0.717) is 0 Å². The number of nitrogens with zero attached hydrogens (tertiary/aromatic N) is 1. The lowest BCUT2D eigenvalue weighted by atomic mass is 10.0. The number of fused-ring (bicyclic) bond motifs is 1. The Hall–Kier alpha value is -1.92. The predicted octanol–water partition coefficient (Wildman–Crippen LogP) is 1.73. The summed E-state index contributed by atoms with van der Waals surface area (Å²) in [5, 5.41) is 2.75. The third-order valence-electron chi connectivity index (χ3n) is 2.82. The van der Waals surface area contributed by atoms with Crippen molar-refractivity contribution in [2.45, 2.75) is 6.42 Å². The van der Waals surface area contributed by atoms with E-state index < -0.39 is 16.0 Å². The van der Waals surface area contributed by atoms with Gasteiger partial charge in [-0.05, 0) is 16.3 Å². The van der Waals surface area contributed by atoms with Crippen LogP contribution in [0.15, 0.2) is 42.5 Å². The lowest BCUT2D eigenvalue weighted by Gasteiger charge is -2.15. The maximum Gasteiger partial charge on any atom is 0.285 e. The van der Waals surface area contributed by atoms with Crippen molar-refractivity contribution in [2.75, 3.05) is 13.3 Å². The van der Waals surface area contributed by atoms with Crippen LogP contribution in [0, 0.1) is 0 Å².